The summed E-state index contributed by atoms with van der Waals surface area (Å²) in [5, 5.41) is 2.54. The average molecular weight is 338 g/mol. The Balaban J connectivity index is 1.52. The molecule has 1 heterocycles. The van der Waals surface area contributed by atoms with Crippen LogP contribution in [-0.2, 0) is 22.6 Å². The van der Waals surface area contributed by atoms with E-state index in [1.807, 2.05) is 49.4 Å². The van der Waals surface area contributed by atoms with Crippen LogP contribution in [0.1, 0.15) is 23.1 Å². The zero-order valence-electron chi connectivity index (χ0n) is 14.3. The molecule has 130 valence electrons. The van der Waals surface area contributed by atoms with Crippen LogP contribution < -0.4 is 10.2 Å². The third kappa shape index (κ3) is 4.38. The van der Waals surface area contributed by atoms with Gasteiger partial charge in [-0.2, -0.15) is 0 Å². The summed E-state index contributed by atoms with van der Waals surface area (Å²) in [6.45, 7) is 2.84. The number of carbonyl (C=O) groups excluding carboxylic acids is 2. The number of carbonyl (C=O) groups is 2. The summed E-state index contributed by atoms with van der Waals surface area (Å²) in [5.41, 5.74) is 4.23. The fourth-order valence-corrected chi connectivity index (χ4v) is 3.00. The Morgan fingerprint density at radius 1 is 1.16 bits per heavy atom. The van der Waals surface area contributed by atoms with Gasteiger partial charge in [-0.1, -0.05) is 48.0 Å². The molecule has 25 heavy (non-hydrogen) atoms. The number of amides is 2. The van der Waals surface area contributed by atoms with Gasteiger partial charge in [0.1, 0.15) is 13.2 Å². The Labute approximate surface area is 147 Å². The van der Waals surface area contributed by atoms with Gasteiger partial charge >= 0.3 is 6.09 Å². The van der Waals surface area contributed by atoms with Gasteiger partial charge in [0, 0.05) is 12.2 Å². The van der Waals surface area contributed by atoms with E-state index in [0.717, 1.165) is 24.1 Å². The van der Waals surface area contributed by atoms with Crippen LogP contribution in [0.2, 0.25) is 0 Å². The van der Waals surface area contributed by atoms with Crippen LogP contribution >= 0.6 is 0 Å². The number of nitrogens with zero attached hydrogens (tertiary/aromatic N) is 1. The first-order chi connectivity index (χ1) is 12.1. The monoisotopic (exact) mass is 338 g/mol. The van der Waals surface area contributed by atoms with Gasteiger partial charge in [-0.05, 0) is 37.0 Å². The van der Waals surface area contributed by atoms with Crippen molar-refractivity contribution < 1.29 is 14.3 Å². The van der Waals surface area contributed by atoms with Crippen LogP contribution in [0.15, 0.2) is 48.5 Å². The van der Waals surface area contributed by atoms with Gasteiger partial charge in [-0.15, -0.1) is 0 Å². The van der Waals surface area contributed by atoms with Gasteiger partial charge in [0.15, 0.2) is 0 Å². The smallest absolute Gasteiger partial charge is 0.407 e. The molecule has 0 atom stereocenters. The maximum atomic E-state index is 12.5. The Kier molecular flexibility index (Phi) is 5.33. The van der Waals surface area contributed by atoms with Crippen molar-refractivity contribution >= 4 is 17.7 Å². The summed E-state index contributed by atoms with van der Waals surface area (Å²) in [6, 6.07) is 15.5. The van der Waals surface area contributed by atoms with Crippen molar-refractivity contribution in [2.75, 3.05) is 18.0 Å². The first-order valence-electron chi connectivity index (χ1n) is 8.48. The second-order valence-corrected chi connectivity index (χ2v) is 6.20. The maximum Gasteiger partial charge on any atom is 0.407 e. The van der Waals surface area contributed by atoms with E-state index in [1.165, 1.54) is 11.1 Å². The minimum absolute atomic E-state index is 0.0685. The lowest BCUT2D eigenvalue weighted by molar-refractivity contribution is -0.117. The number of aryl methyl sites for hydroxylation is 2. The van der Waals surface area contributed by atoms with Crippen LogP contribution in [0.25, 0.3) is 0 Å². The molecule has 0 spiro atoms. The number of hydrogen-bond donors (Lipinski definition) is 1. The molecule has 0 saturated carbocycles. The summed E-state index contributed by atoms with van der Waals surface area (Å²) in [6.07, 6.45) is 1.33. The SMILES string of the molecule is Cc1ccc2c(c1)CCCN2C(=O)CNC(=O)OCc1ccccc1. The minimum atomic E-state index is -0.585. The van der Waals surface area contributed by atoms with E-state index in [9.17, 15) is 9.59 Å². The van der Waals surface area contributed by atoms with Crippen molar-refractivity contribution in [3.05, 3.63) is 65.2 Å². The Morgan fingerprint density at radius 2 is 1.96 bits per heavy atom. The van der Waals surface area contributed by atoms with E-state index < -0.39 is 6.09 Å². The number of rotatable bonds is 4. The molecule has 0 saturated heterocycles. The maximum absolute atomic E-state index is 12.5. The molecule has 0 fully saturated rings. The summed E-state index contributed by atoms with van der Waals surface area (Å²) < 4.78 is 5.13. The number of fused-ring (bicyclic) bond motifs is 1. The van der Waals surface area contributed by atoms with Gasteiger partial charge in [0.25, 0.3) is 0 Å². The molecule has 1 N–H and O–H groups in total. The van der Waals surface area contributed by atoms with E-state index >= 15 is 0 Å². The van der Waals surface area contributed by atoms with E-state index in [2.05, 4.69) is 11.4 Å². The van der Waals surface area contributed by atoms with Crippen molar-refractivity contribution in [1.29, 1.82) is 0 Å². The summed E-state index contributed by atoms with van der Waals surface area (Å²) >= 11 is 0. The molecular formula is C20H22N2O3. The highest BCUT2D eigenvalue weighted by Gasteiger charge is 2.22. The largest absolute Gasteiger partial charge is 0.445 e. The quantitative estimate of drug-likeness (QED) is 0.931. The molecule has 2 aromatic carbocycles. The molecule has 2 aromatic rings. The lowest BCUT2D eigenvalue weighted by Crippen LogP contribution is -2.42. The zero-order valence-corrected chi connectivity index (χ0v) is 14.3. The number of alkyl carbamates (subject to hydrolysis) is 1. The first-order valence-corrected chi connectivity index (χ1v) is 8.48. The highest BCUT2D eigenvalue weighted by atomic mass is 16.5. The molecule has 0 bridgehead atoms. The summed E-state index contributed by atoms with van der Waals surface area (Å²) in [5.74, 6) is -0.124. The van der Waals surface area contributed by atoms with Gasteiger partial charge < -0.3 is 15.0 Å². The van der Waals surface area contributed by atoms with Gasteiger partial charge in [0.2, 0.25) is 5.91 Å². The predicted octanol–water partition coefficient (Wildman–Crippen LogP) is 3.20. The molecule has 5 nitrogen and oxygen atoms in total. The number of benzene rings is 2. The highest BCUT2D eigenvalue weighted by Crippen LogP contribution is 2.27. The van der Waals surface area contributed by atoms with Crippen LogP contribution in [0, 0.1) is 6.92 Å². The van der Waals surface area contributed by atoms with Crippen molar-refractivity contribution in [2.24, 2.45) is 0 Å². The third-order valence-electron chi connectivity index (χ3n) is 4.25. The fraction of sp³-hybridized carbons (Fsp3) is 0.300. The first kappa shape index (κ1) is 17.0. The molecule has 1 aliphatic rings. The topological polar surface area (TPSA) is 58.6 Å². The number of nitrogens with one attached hydrogen (secondary N) is 1. The van der Waals surface area contributed by atoms with E-state index in [1.54, 1.807) is 4.90 Å². The van der Waals surface area contributed by atoms with Gasteiger partial charge in [0.05, 0.1) is 0 Å². The molecule has 0 aromatic heterocycles. The second kappa shape index (κ2) is 7.83. The van der Waals surface area contributed by atoms with Crippen LogP contribution in [0.3, 0.4) is 0 Å². The zero-order chi connectivity index (χ0) is 17.6. The Bertz CT molecular complexity index is 759. The van der Waals surface area contributed by atoms with Crippen LogP contribution in [0.5, 0.6) is 0 Å². The summed E-state index contributed by atoms with van der Waals surface area (Å²) in [7, 11) is 0. The Morgan fingerprint density at radius 3 is 2.76 bits per heavy atom. The lowest BCUT2D eigenvalue weighted by atomic mass is 9.99. The third-order valence-corrected chi connectivity index (χ3v) is 4.25. The molecule has 0 aliphatic carbocycles. The van der Waals surface area contributed by atoms with E-state index in [4.69, 9.17) is 4.74 Å². The van der Waals surface area contributed by atoms with Crippen LogP contribution in [0.4, 0.5) is 10.5 Å². The van der Waals surface area contributed by atoms with Crippen molar-refractivity contribution in [3.8, 4) is 0 Å². The molecule has 1 aliphatic heterocycles. The molecule has 2 amide bonds. The highest BCUT2D eigenvalue weighted by molar-refractivity contribution is 5.97. The molecular weight excluding hydrogens is 316 g/mol. The fourth-order valence-electron chi connectivity index (χ4n) is 3.00. The molecule has 0 radical (unpaired) electrons. The second-order valence-electron chi connectivity index (χ2n) is 6.20. The van der Waals surface area contributed by atoms with Gasteiger partial charge in [-0.3, -0.25) is 4.79 Å². The van der Waals surface area contributed by atoms with E-state index in [0.29, 0.717) is 6.54 Å². The van der Waals surface area contributed by atoms with Crippen molar-refractivity contribution in [2.45, 2.75) is 26.4 Å². The number of ether oxygens (including phenoxy) is 1. The van der Waals surface area contributed by atoms with Crippen molar-refractivity contribution in [3.63, 3.8) is 0 Å². The van der Waals surface area contributed by atoms with Crippen molar-refractivity contribution in [1.82, 2.24) is 5.32 Å². The predicted molar refractivity (Wildman–Crippen MR) is 96.5 cm³/mol. The Hall–Kier alpha value is -2.82. The average Bonchev–Trinajstić information content (AvgIpc) is 2.64. The van der Waals surface area contributed by atoms with Gasteiger partial charge in [-0.25, -0.2) is 4.79 Å². The minimum Gasteiger partial charge on any atom is -0.445 e. The normalized spacial score (nSPS) is 13.1. The van der Waals surface area contributed by atoms with Crippen LogP contribution in [-0.4, -0.2) is 25.1 Å². The van der Waals surface area contributed by atoms with E-state index in [-0.39, 0.29) is 19.1 Å². The lowest BCUT2D eigenvalue weighted by Gasteiger charge is -2.29. The molecule has 3 rings (SSSR count). The molecule has 5 heteroatoms. The number of anilines is 1. The standard InChI is InChI=1S/C20H22N2O3/c1-15-9-10-18-17(12-15)8-5-11-22(18)19(23)13-21-20(24)25-14-16-6-3-2-4-7-16/h2-4,6-7,9-10,12H,5,8,11,13-14H2,1H3,(H,21,24). The summed E-state index contributed by atoms with van der Waals surface area (Å²) in [4.78, 5) is 26.0. The number of hydrogen-bond acceptors (Lipinski definition) is 3. The molecule has 0 unspecified atom stereocenters.